The number of benzene rings is 2. The number of allylic oxidation sites excluding steroid dienone is 2. The fourth-order valence-electron chi connectivity index (χ4n) is 4.70. The van der Waals surface area contributed by atoms with Gasteiger partial charge in [-0.25, -0.2) is 8.42 Å². The number of para-hydroxylation sites is 1. The van der Waals surface area contributed by atoms with Gasteiger partial charge in [-0.05, 0) is 29.8 Å². The van der Waals surface area contributed by atoms with Gasteiger partial charge in [-0.2, -0.15) is 4.31 Å². The molecular weight excluding hydrogens is 512 g/mol. The van der Waals surface area contributed by atoms with Crippen LogP contribution in [-0.2, 0) is 25.0 Å². The molecule has 9 nitrogen and oxygen atoms in total. The normalized spacial score (nSPS) is 18.8. The molecule has 2 aliphatic rings. The molecule has 0 radical (unpaired) electrons. The van der Waals surface area contributed by atoms with E-state index in [1.165, 1.54) is 15.9 Å². The van der Waals surface area contributed by atoms with Crippen molar-refractivity contribution in [1.29, 1.82) is 0 Å². The summed E-state index contributed by atoms with van der Waals surface area (Å²) < 4.78 is 38.4. The first kappa shape index (κ1) is 25.7. The van der Waals surface area contributed by atoms with E-state index in [0.29, 0.717) is 31.9 Å². The third-order valence-electron chi connectivity index (χ3n) is 6.67. The Balaban J connectivity index is 1.27. The maximum absolute atomic E-state index is 13.0. The molecule has 1 fully saturated rings. The summed E-state index contributed by atoms with van der Waals surface area (Å²) in [5.74, 6) is 0.266. The summed E-state index contributed by atoms with van der Waals surface area (Å²) in [7, 11) is -1.68. The van der Waals surface area contributed by atoms with Crippen LogP contribution in [0, 0.1) is 0 Å². The number of morpholine rings is 1. The lowest BCUT2D eigenvalue weighted by Gasteiger charge is -2.26. The first-order valence-corrected chi connectivity index (χ1v) is 14.3. The summed E-state index contributed by atoms with van der Waals surface area (Å²) in [5.41, 5.74) is 3.43. The first-order chi connectivity index (χ1) is 17.7. The number of ether oxygens (including phenoxy) is 1. The molecule has 5 rings (SSSR count). The molecule has 2 aliphatic heterocycles. The maximum Gasteiger partial charge on any atom is 0.277 e. The van der Waals surface area contributed by atoms with Crippen molar-refractivity contribution in [2.75, 3.05) is 44.0 Å². The zero-order valence-electron chi connectivity index (χ0n) is 20.9. The molecular formula is C26H28N4O5S2. The molecule has 0 bridgehead atoms. The predicted molar refractivity (Wildman–Crippen MR) is 141 cm³/mol. The van der Waals surface area contributed by atoms with E-state index < -0.39 is 10.0 Å². The number of carbonyl (C=O) groups excluding carboxylic acids is 1. The number of fused-ring (bicyclic) bond motifs is 1. The standard InChI is InChI=1S/C26H28N4O5S2/c1-26(2)21-9-4-5-10-22(21)29(3)23(26)16-19(31)17-36-25-28-27-24(35-25)18-7-6-8-20(15-18)37(32,33)30-11-13-34-14-12-30/h4-10,15-16H,11-14,17H2,1-3H3/b23-16-. The minimum Gasteiger partial charge on any atom is -0.411 e. The Morgan fingerprint density at radius 3 is 2.62 bits per heavy atom. The second kappa shape index (κ2) is 10.1. The number of anilines is 1. The van der Waals surface area contributed by atoms with E-state index in [2.05, 4.69) is 41.1 Å². The fraction of sp³-hybridized carbons (Fsp3) is 0.346. The predicted octanol–water partition coefficient (Wildman–Crippen LogP) is 3.73. The zero-order chi connectivity index (χ0) is 26.2. The summed E-state index contributed by atoms with van der Waals surface area (Å²) in [6.07, 6.45) is 1.68. The van der Waals surface area contributed by atoms with Crippen LogP contribution in [0.15, 0.2) is 74.8 Å². The molecule has 2 aromatic carbocycles. The van der Waals surface area contributed by atoms with Crippen molar-refractivity contribution in [1.82, 2.24) is 14.5 Å². The highest BCUT2D eigenvalue weighted by molar-refractivity contribution is 7.99. The van der Waals surface area contributed by atoms with Gasteiger partial charge >= 0.3 is 0 Å². The number of hydrogen-bond donors (Lipinski definition) is 0. The second-order valence-corrected chi connectivity index (χ2v) is 12.3. The van der Waals surface area contributed by atoms with Crippen LogP contribution in [-0.4, -0.2) is 67.8 Å². The Bertz CT molecular complexity index is 1460. The third-order valence-corrected chi connectivity index (χ3v) is 9.41. The van der Waals surface area contributed by atoms with Gasteiger partial charge in [-0.3, -0.25) is 4.79 Å². The Labute approximate surface area is 220 Å². The van der Waals surface area contributed by atoms with Gasteiger partial charge in [0.1, 0.15) is 0 Å². The van der Waals surface area contributed by atoms with Crippen molar-refractivity contribution in [2.24, 2.45) is 0 Å². The van der Waals surface area contributed by atoms with Crippen molar-refractivity contribution in [3.8, 4) is 11.5 Å². The van der Waals surface area contributed by atoms with E-state index >= 15 is 0 Å². The SMILES string of the molecule is CN1/C(=C\C(=O)CSc2nnc(-c3cccc(S(=O)(=O)N4CCOCC4)c3)o2)C(C)(C)c2ccccc21. The second-order valence-electron chi connectivity index (χ2n) is 9.40. The molecule has 0 spiro atoms. The molecule has 37 heavy (non-hydrogen) atoms. The lowest BCUT2D eigenvalue weighted by Crippen LogP contribution is -2.40. The minimum atomic E-state index is -3.65. The number of ketones is 1. The van der Waals surface area contributed by atoms with Crippen LogP contribution >= 0.6 is 11.8 Å². The van der Waals surface area contributed by atoms with E-state index in [0.717, 1.165) is 23.1 Å². The Hall–Kier alpha value is -2.99. The van der Waals surface area contributed by atoms with Gasteiger partial charge in [0.05, 0.1) is 23.9 Å². The molecule has 3 heterocycles. The number of likely N-dealkylation sites (N-methyl/N-ethyl adjacent to an activating group) is 1. The minimum absolute atomic E-state index is 0.0638. The number of carbonyl (C=O) groups is 1. The van der Waals surface area contributed by atoms with E-state index in [1.54, 1.807) is 24.3 Å². The Morgan fingerprint density at radius 2 is 1.86 bits per heavy atom. The molecule has 1 aromatic heterocycles. The third kappa shape index (κ3) is 4.96. The first-order valence-electron chi connectivity index (χ1n) is 11.9. The van der Waals surface area contributed by atoms with Gasteiger partial charge in [0, 0.05) is 48.6 Å². The summed E-state index contributed by atoms with van der Waals surface area (Å²) in [6.45, 7) is 5.60. The van der Waals surface area contributed by atoms with Crippen LogP contribution in [0.25, 0.3) is 11.5 Å². The summed E-state index contributed by atoms with van der Waals surface area (Å²) in [4.78, 5) is 15.1. The topological polar surface area (TPSA) is 106 Å². The quantitative estimate of drug-likeness (QED) is 0.327. The van der Waals surface area contributed by atoms with E-state index in [9.17, 15) is 13.2 Å². The smallest absolute Gasteiger partial charge is 0.277 e. The molecule has 3 aromatic rings. The average Bonchev–Trinajstić information content (AvgIpc) is 3.46. The van der Waals surface area contributed by atoms with Crippen molar-refractivity contribution in [3.63, 3.8) is 0 Å². The maximum atomic E-state index is 13.0. The highest BCUT2D eigenvalue weighted by Crippen LogP contribution is 2.46. The molecule has 0 atom stereocenters. The van der Waals surface area contributed by atoms with Crippen LogP contribution in [0.3, 0.4) is 0 Å². The molecule has 0 N–H and O–H groups in total. The molecule has 0 saturated carbocycles. The monoisotopic (exact) mass is 540 g/mol. The van der Waals surface area contributed by atoms with Crippen LogP contribution in [0.2, 0.25) is 0 Å². The summed E-state index contributed by atoms with van der Waals surface area (Å²) in [5, 5.41) is 8.35. The van der Waals surface area contributed by atoms with Crippen LogP contribution in [0.4, 0.5) is 5.69 Å². The summed E-state index contributed by atoms with van der Waals surface area (Å²) in [6, 6.07) is 14.6. The largest absolute Gasteiger partial charge is 0.411 e. The van der Waals surface area contributed by atoms with Gasteiger partial charge in [0.25, 0.3) is 5.22 Å². The highest BCUT2D eigenvalue weighted by Gasteiger charge is 2.38. The Kier molecular flexibility index (Phi) is 6.97. The van der Waals surface area contributed by atoms with Gasteiger partial charge in [-0.1, -0.05) is 49.9 Å². The van der Waals surface area contributed by atoms with Crippen LogP contribution in [0.5, 0.6) is 0 Å². The zero-order valence-corrected chi connectivity index (χ0v) is 22.5. The lowest BCUT2D eigenvalue weighted by molar-refractivity contribution is -0.112. The molecule has 0 unspecified atom stereocenters. The van der Waals surface area contributed by atoms with Crippen molar-refractivity contribution >= 4 is 33.3 Å². The van der Waals surface area contributed by atoms with Gasteiger partial charge < -0.3 is 14.1 Å². The van der Waals surface area contributed by atoms with Gasteiger partial charge in [0.15, 0.2) is 5.78 Å². The molecule has 0 amide bonds. The Morgan fingerprint density at radius 1 is 1.11 bits per heavy atom. The number of thioether (sulfide) groups is 1. The molecule has 11 heteroatoms. The molecule has 1 saturated heterocycles. The fourth-order valence-corrected chi connectivity index (χ4v) is 6.74. The van der Waals surface area contributed by atoms with E-state index in [4.69, 9.17) is 9.15 Å². The van der Waals surface area contributed by atoms with Gasteiger partial charge in [0.2, 0.25) is 15.9 Å². The van der Waals surface area contributed by atoms with Crippen LogP contribution < -0.4 is 4.90 Å². The van der Waals surface area contributed by atoms with Crippen molar-refractivity contribution < 1.29 is 22.4 Å². The highest BCUT2D eigenvalue weighted by atomic mass is 32.2. The number of hydrogen-bond acceptors (Lipinski definition) is 9. The molecule has 194 valence electrons. The average molecular weight is 541 g/mol. The van der Waals surface area contributed by atoms with Crippen LogP contribution in [0.1, 0.15) is 19.4 Å². The van der Waals surface area contributed by atoms with Crippen molar-refractivity contribution in [3.05, 3.63) is 65.9 Å². The van der Waals surface area contributed by atoms with Gasteiger partial charge in [-0.15, -0.1) is 10.2 Å². The molecule has 0 aliphatic carbocycles. The van der Waals surface area contributed by atoms with E-state index in [-0.39, 0.29) is 33.0 Å². The number of aromatic nitrogens is 2. The lowest BCUT2D eigenvalue weighted by atomic mass is 9.83. The number of rotatable bonds is 7. The van der Waals surface area contributed by atoms with E-state index in [1.807, 2.05) is 19.2 Å². The summed E-state index contributed by atoms with van der Waals surface area (Å²) >= 11 is 1.15. The van der Waals surface area contributed by atoms with Crippen molar-refractivity contribution in [2.45, 2.75) is 29.4 Å². The number of nitrogens with zero attached hydrogens (tertiary/aromatic N) is 4. The number of sulfonamides is 1.